The van der Waals surface area contributed by atoms with Gasteiger partial charge in [0, 0.05) is 104 Å². The van der Waals surface area contributed by atoms with Crippen LogP contribution in [0.2, 0.25) is 0 Å². The molecule has 3 aromatic heterocycles. The average molecular weight is 1570 g/mol. The second-order valence-corrected chi connectivity index (χ2v) is 33.3. The van der Waals surface area contributed by atoms with E-state index in [0.29, 0.717) is 88.4 Å². The number of thiazole rings is 1. The molecule has 2 unspecified atom stereocenters. The summed E-state index contributed by atoms with van der Waals surface area (Å²) in [6.45, 7) is 11.0. The van der Waals surface area contributed by atoms with E-state index in [1.807, 2.05) is 66.2 Å². The standard InChI is InChI=1S/C83H99N11O18S/c1-48(2)68(90-65(96)19-7-6-10-32-93-66(97)28-29-67(93)98)62(95)37-53(15-12-30-85-77(84)108)73(102)87-54-24-20-50(21-25-54)40-111-79(109)92(31-13-34-110-63-38-58(75(104)105)70(99)72(101)71(63)100)33-35-112-83-44-80(4)41-81(5,45-83)43-82(42-80,46-83)47-94-49(3)59(39-86-94)55-26-27-60(88-69(55)76(106)107)52-23-22-51-14-11-16-56(57(51)36-52)74(103)91-78-89-61-17-8-9-18-64(61)113-78/h8-9,11,14,16-18,20-29,36,39,48,53,58,63,68,70-72,99-101H,6-7,10,12-13,15,19,30-35,37-38,40-47H2,1-5H3,(H,87,102)(H,90,96)(H,104,105)(H,106,107)(H3,84,85,108)(H,89,91,103)/t53-,58-,63+,68+,70+,71-,72-,80?,81?,82?,83?/m1/s1. The van der Waals surface area contributed by atoms with Crippen LogP contribution in [0.15, 0.2) is 115 Å². The normalized spacial score (nSPS) is 23.5. The number of nitrogens with two attached hydrogens (primary N) is 1. The number of carbonyl (C=O) groups excluding carboxylic acids is 8. The maximum absolute atomic E-state index is 14.4. The largest absolute Gasteiger partial charge is 0.481 e. The van der Waals surface area contributed by atoms with E-state index >= 15 is 0 Å². The van der Waals surface area contributed by atoms with Gasteiger partial charge in [0.25, 0.3) is 17.7 Å². The number of primary amides is 1. The van der Waals surface area contributed by atoms with E-state index in [1.165, 1.54) is 28.4 Å². The van der Waals surface area contributed by atoms with E-state index in [-0.39, 0.29) is 135 Å². The van der Waals surface area contributed by atoms with Gasteiger partial charge in [0.15, 0.2) is 16.6 Å². The number of rotatable bonds is 36. The molecule has 1 aliphatic heterocycles. The van der Waals surface area contributed by atoms with Crippen molar-refractivity contribution in [1.29, 1.82) is 0 Å². The van der Waals surface area contributed by atoms with Crippen molar-refractivity contribution < 1.29 is 87.7 Å². The lowest BCUT2D eigenvalue weighted by Gasteiger charge is -2.69. The highest BCUT2D eigenvalue weighted by molar-refractivity contribution is 7.22. The number of aliphatic hydroxyl groups excluding tert-OH is 3. The van der Waals surface area contributed by atoms with Crippen LogP contribution in [0.25, 0.3) is 43.4 Å². The average Bonchev–Trinajstić information content (AvgIpc) is 1.30. The van der Waals surface area contributed by atoms with Crippen LogP contribution in [0, 0.1) is 40.9 Å². The number of urea groups is 1. The number of aromatic carboxylic acids is 1. The van der Waals surface area contributed by atoms with Crippen LogP contribution in [-0.4, -0.2) is 190 Å². The number of aromatic nitrogens is 4. The Labute approximate surface area is 657 Å². The minimum atomic E-state index is -1.77. The van der Waals surface area contributed by atoms with E-state index in [1.54, 1.807) is 62.5 Å². The van der Waals surface area contributed by atoms with Gasteiger partial charge in [0.2, 0.25) is 11.8 Å². The fourth-order valence-corrected chi connectivity index (χ4v) is 19.3. The van der Waals surface area contributed by atoms with Gasteiger partial charge < -0.3 is 66.3 Å². The number of benzene rings is 4. The summed E-state index contributed by atoms with van der Waals surface area (Å²) in [6, 6.07) is 27.1. The number of nitrogens with one attached hydrogen (secondary N) is 4. The third-order valence-electron chi connectivity index (χ3n) is 22.7. The number of para-hydroxylation sites is 1. The Balaban J connectivity index is 0.696. The van der Waals surface area contributed by atoms with Crippen molar-refractivity contribution in [3.8, 4) is 22.4 Å². The number of ether oxygens (including phenoxy) is 3. The van der Waals surface area contributed by atoms with E-state index in [9.17, 15) is 73.5 Å². The fraction of sp³-hybridized carbons (Fsp3) is 0.482. The Morgan fingerprint density at radius 3 is 2.21 bits per heavy atom. The van der Waals surface area contributed by atoms with E-state index in [4.69, 9.17) is 30.0 Å². The van der Waals surface area contributed by atoms with E-state index < -0.39 is 77.9 Å². The van der Waals surface area contributed by atoms with Crippen molar-refractivity contribution in [2.45, 2.75) is 180 Å². The molecule has 4 bridgehead atoms. The van der Waals surface area contributed by atoms with Crippen LogP contribution < -0.4 is 27.0 Å². The fourth-order valence-electron chi connectivity index (χ4n) is 18.5. The highest BCUT2D eigenvalue weighted by atomic mass is 32.1. The zero-order chi connectivity index (χ0) is 80.7. The molecular formula is C83H99N11O18S. The van der Waals surface area contributed by atoms with Gasteiger partial charge in [0.1, 0.15) is 18.8 Å². The number of aliphatic hydroxyl groups is 3. The first-order valence-corrected chi connectivity index (χ1v) is 39.4. The van der Waals surface area contributed by atoms with Crippen molar-refractivity contribution in [2.24, 2.45) is 39.7 Å². The highest BCUT2D eigenvalue weighted by Crippen LogP contribution is 2.72. The third-order valence-corrected chi connectivity index (χ3v) is 23.7. The first kappa shape index (κ1) is 82.1. The van der Waals surface area contributed by atoms with Crippen LogP contribution in [0.1, 0.15) is 156 Å². The molecule has 5 fully saturated rings. The number of unbranched alkanes of at least 4 members (excludes halogenated alkanes) is 2. The molecule has 0 saturated heterocycles. The second kappa shape index (κ2) is 34.9. The number of fused-ring (bicyclic) bond motifs is 2. The third kappa shape index (κ3) is 19.5. The van der Waals surface area contributed by atoms with Crippen LogP contribution >= 0.6 is 11.3 Å². The number of aliphatic carboxylic acids is 1. The molecule has 6 aliphatic rings. The van der Waals surface area contributed by atoms with Gasteiger partial charge >= 0.3 is 24.1 Å². The molecule has 5 aliphatic carbocycles. The summed E-state index contributed by atoms with van der Waals surface area (Å²) in [7, 11) is 0. The van der Waals surface area contributed by atoms with E-state index in [0.717, 1.165) is 58.3 Å². The number of carboxylic acids is 2. The first-order valence-electron chi connectivity index (χ1n) is 38.6. The first-order chi connectivity index (χ1) is 53.9. The molecule has 30 heteroatoms. The number of pyridine rings is 1. The van der Waals surface area contributed by atoms with Crippen LogP contribution in [-0.2, 0) is 56.1 Å². The number of nitrogens with zero attached hydrogens (tertiary/aromatic N) is 6. The number of amides is 8. The second-order valence-electron chi connectivity index (χ2n) is 32.3. The number of carboxylic acid groups (broad SMARTS) is 2. The number of imide groups is 1. The molecular weight excluding hydrogens is 1470 g/mol. The zero-order valence-electron chi connectivity index (χ0n) is 64.1. The number of hydrogen-bond donors (Lipinski definition) is 10. The topological polar surface area (TPSA) is 424 Å². The molecule has 8 amide bonds. The Kier molecular flexibility index (Phi) is 25.4. The van der Waals surface area contributed by atoms with Crippen molar-refractivity contribution in [3.05, 3.63) is 138 Å². The molecule has 4 aromatic carbocycles. The van der Waals surface area contributed by atoms with E-state index in [2.05, 4.69) is 40.1 Å². The van der Waals surface area contributed by atoms with Gasteiger partial charge in [0.05, 0.1) is 58.5 Å². The summed E-state index contributed by atoms with van der Waals surface area (Å²) in [5, 5.41) is 70.4. The molecule has 11 N–H and O–H groups in total. The number of anilines is 2. The zero-order valence-corrected chi connectivity index (χ0v) is 64.9. The minimum absolute atomic E-state index is 0.0652. The Morgan fingerprint density at radius 1 is 0.761 bits per heavy atom. The predicted molar refractivity (Wildman–Crippen MR) is 419 cm³/mol. The predicted octanol–water partition coefficient (Wildman–Crippen LogP) is 9.96. The lowest BCUT2D eigenvalue weighted by Crippen LogP contribution is -2.64. The van der Waals surface area contributed by atoms with Gasteiger partial charge in [-0.05, 0) is 171 Å². The molecule has 5 saturated carbocycles. The smallest absolute Gasteiger partial charge is 0.410 e. The summed E-state index contributed by atoms with van der Waals surface area (Å²) in [6.07, 6.45) is 4.05. The van der Waals surface area contributed by atoms with Crippen molar-refractivity contribution in [2.75, 3.05) is 50.0 Å². The van der Waals surface area contributed by atoms with Crippen molar-refractivity contribution >= 4 is 103 Å². The van der Waals surface area contributed by atoms with Crippen LogP contribution in [0.4, 0.5) is 20.4 Å². The molecule has 600 valence electrons. The molecule has 13 rings (SSSR count). The minimum Gasteiger partial charge on any atom is -0.481 e. The number of carbonyl (C=O) groups is 10. The lowest BCUT2D eigenvalue weighted by molar-refractivity contribution is -0.248. The van der Waals surface area contributed by atoms with Crippen LogP contribution in [0.3, 0.4) is 0 Å². The van der Waals surface area contributed by atoms with Crippen molar-refractivity contribution in [3.63, 3.8) is 0 Å². The number of ketones is 1. The Bertz CT molecular complexity index is 4720. The quantitative estimate of drug-likeness (QED) is 0.0129. The summed E-state index contributed by atoms with van der Waals surface area (Å²) in [5.41, 5.74) is 8.94. The number of hydrogen-bond acceptors (Lipinski definition) is 20. The summed E-state index contributed by atoms with van der Waals surface area (Å²) >= 11 is 1.38. The van der Waals surface area contributed by atoms with Gasteiger partial charge in [-0.2, -0.15) is 5.10 Å². The molecule has 9 atom stereocenters. The van der Waals surface area contributed by atoms with Gasteiger partial charge in [-0.25, -0.2) is 24.4 Å². The Hall–Kier alpha value is -10.4. The van der Waals surface area contributed by atoms with Crippen LogP contribution in [0.5, 0.6) is 0 Å². The Morgan fingerprint density at radius 2 is 1.50 bits per heavy atom. The summed E-state index contributed by atoms with van der Waals surface area (Å²) in [5.74, 6) is -7.48. The van der Waals surface area contributed by atoms with Gasteiger partial charge in [-0.3, -0.25) is 48.5 Å². The summed E-state index contributed by atoms with van der Waals surface area (Å²) < 4.78 is 22.0. The molecule has 0 radical (unpaired) electrons. The SMILES string of the molecule is Cc1c(-c2ccc(-c3ccc4cccc(C(=O)Nc5nc6ccccc6s5)c4c3)nc2C(=O)O)cnn1CC12CC3(C)CC(C)(C1)CC(OCCN(CCCO[C@H]1C[C@@H](C(=O)O)[C@H](O)[C@@H](O)[C@@H]1O)C(=O)OCc1ccc(NC(=O)[C@H](CCCNC(N)=O)CC(=O)[C@@H](NC(=O)CCCCCN4C(=O)C=CC4=O)C(C)C)cc1)(C3)C2. The molecule has 0 spiro atoms. The van der Waals surface area contributed by atoms with Gasteiger partial charge in [-0.15, -0.1) is 0 Å². The number of Topliss-reactive ketones (excluding diaryl/α,β-unsaturated/α-hetero) is 1. The monoisotopic (exact) mass is 1570 g/mol. The lowest BCUT2D eigenvalue weighted by atomic mass is 9.39. The summed E-state index contributed by atoms with van der Waals surface area (Å²) in [4.78, 5) is 142. The van der Waals surface area contributed by atoms with Gasteiger partial charge in [-0.1, -0.05) is 94.0 Å². The highest BCUT2D eigenvalue weighted by Gasteiger charge is 2.66. The molecule has 113 heavy (non-hydrogen) atoms. The molecule has 4 heterocycles. The molecule has 29 nitrogen and oxygen atoms in total. The molecule has 7 aromatic rings. The maximum Gasteiger partial charge on any atom is 0.410 e. The maximum atomic E-state index is 14.4. The van der Waals surface area contributed by atoms with Crippen molar-refractivity contribution in [1.82, 2.24) is 40.2 Å².